The van der Waals surface area contributed by atoms with Gasteiger partial charge in [0, 0.05) is 5.69 Å². The lowest BCUT2D eigenvalue weighted by Crippen LogP contribution is -2.11. The van der Waals surface area contributed by atoms with Crippen LogP contribution in [-0.2, 0) is 6.54 Å². The number of hydrogen-bond donors (Lipinski definition) is 2. The number of benzene rings is 1. The molecule has 1 amide bonds. The average molecular weight is 343 g/mol. The molecule has 0 fully saturated rings. The van der Waals surface area contributed by atoms with Gasteiger partial charge in [0.05, 0.1) is 25.6 Å². The zero-order chi connectivity index (χ0) is 16.9. The molecular formula is C17H17N3O3S. The number of carbonyl (C=O) groups is 1. The largest absolute Gasteiger partial charge is 0.497 e. The number of hydrogen-bond acceptors (Lipinski definition) is 6. The lowest BCUT2D eigenvalue weighted by atomic mass is 10.3. The minimum absolute atomic E-state index is 0.179. The number of methoxy groups -OCH3 is 1. The Bertz CT molecular complexity index is 810. The molecule has 0 saturated heterocycles. The van der Waals surface area contributed by atoms with Crippen LogP contribution in [0.25, 0.3) is 0 Å². The van der Waals surface area contributed by atoms with Gasteiger partial charge in [-0.1, -0.05) is 11.3 Å². The second kappa shape index (κ2) is 7.18. The summed E-state index contributed by atoms with van der Waals surface area (Å²) in [7, 11) is 1.60. The van der Waals surface area contributed by atoms with Gasteiger partial charge in [-0.15, -0.1) is 0 Å². The van der Waals surface area contributed by atoms with Crippen molar-refractivity contribution in [1.82, 2.24) is 4.98 Å². The van der Waals surface area contributed by atoms with Gasteiger partial charge < -0.3 is 19.8 Å². The van der Waals surface area contributed by atoms with Crippen molar-refractivity contribution in [3.63, 3.8) is 0 Å². The van der Waals surface area contributed by atoms with Crippen LogP contribution in [0.15, 0.2) is 47.1 Å². The van der Waals surface area contributed by atoms with Crippen molar-refractivity contribution in [3.8, 4) is 5.75 Å². The molecule has 124 valence electrons. The second-order valence-electron chi connectivity index (χ2n) is 5.05. The molecule has 6 nitrogen and oxygen atoms in total. The Hall–Kier alpha value is -2.80. The molecule has 0 spiro atoms. The van der Waals surface area contributed by atoms with Gasteiger partial charge in [0.25, 0.3) is 5.91 Å². The highest BCUT2D eigenvalue weighted by molar-refractivity contribution is 7.17. The van der Waals surface area contributed by atoms with E-state index in [4.69, 9.17) is 9.15 Å². The van der Waals surface area contributed by atoms with Crippen molar-refractivity contribution in [2.75, 3.05) is 17.7 Å². The third-order valence-corrected chi connectivity index (χ3v) is 4.46. The van der Waals surface area contributed by atoms with Crippen LogP contribution in [0.4, 0.5) is 10.8 Å². The van der Waals surface area contributed by atoms with E-state index in [9.17, 15) is 4.79 Å². The first-order valence-corrected chi connectivity index (χ1v) is 8.16. The van der Waals surface area contributed by atoms with Gasteiger partial charge in [0.1, 0.15) is 16.4 Å². The van der Waals surface area contributed by atoms with Crippen molar-refractivity contribution in [2.45, 2.75) is 13.5 Å². The van der Waals surface area contributed by atoms with E-state index in [0.29, 0.717) is 27.9 Å². The van der Waals surface area contributed by atoms with Crippen LogP contribution in [0.5, 0.6) is 5.75 Å². The molecule has 2 heterocycles. The second-order valence-corrected chi connectivity index (χ2v) is 6.05. The Kier molecular flexibility index (Phi) is 4.81. The quantitative estimate of drug-likeness (QED) is 0.709. The fourth-order valence-electron chi connectivity index (χ4n) is 2.12. The summed E-state index contributed by atoms with van der Waals surface area (Å²) in [4.78, 5) is 17.4. The van der Waals surface area contributed by atoms with Gasteiger partial charge in [-0.3, -0.25) is 4.79 Å². The zero-order valence-corrected chi connectivity index (χ0v) is 14.1. The standard InChI is InChI=1S/C17H17N3O3S/c1-11-15(16(21)20-12-5-7-13(22-2)8-6-12)24-17(19-11)18-10-14-4-3-9-23-14/h3-9H,10H2,1-2H3,(H,18,19)(H,20,21). The summed E-state index contributed by atoms with van der Waals surface area (Å²) in [5.74, 6) is 1.37. The monoisotopic (exact) mass is 343 g/mol. The van der Waals surface area contributed by atoms with Gasteiger partial charge in [0.15, 0.2) is 5.13 Å². The first-order valence-electron chi connectivity index (χ1n) is 7.35. The number of carbonyl (C=O) groups excluding carboxylic acids is 1. The molecule has 24 heavy (non-hydrogen) atoms. The van der Waals surface area contributed by atoms with E-state index in [0.717, 1.165) is 11.5 Å². The van der Waals surface area contributed by atoms with E-state index in [1.807, 2.05) is 19.1 Å². The minimum Gasteiger partial charge on any atom is -0.497 e. The molecule has 0 saturated carbocycles. The third kappa shape index (κ3) is 3.75. The molecule has 0 aliphatic carbocycles. The molecule has 0 aliphatic heterocycles. The van der Waals surface area contributed by atoms with Gasteiger partial charge in [-0.05, 0) is 43.3 Å². The predicted molar refractivity (Wildman–Crippen MR) is 93.8 cm³/mol. The van der Waals surface area contributed by atoms with Crippen LogP contribution < -0.4 is 15.4 Å². The zero-order valence-electron chi connectivity index (χ0n) is 13.3. The fourth-order valence-corrected chi connectivity index (χ4v) is 2.98. The van der Waals surface area contributed by atoms with Gasteiger partial charge in [0.2, 0.25) is 0 Å². The highest BCUT2D eigenvalue weighted by atomic mass is 32.1. The number of nitrogens with zero attached hydrogens (tertiary/aromatic N) is 1. The van der Waals surface area contributed by atoms with Crippen LogP contribution in [0.3, 0.4) is 0 Å². The van der Waals surface area contributed by atoms with Gasteiger partial charge >= 0.3 is 0 Å². The first kappa shape index (κ1) is 16.1. The maximum atomic E-state index is 12.4. The van der Waals surface area contributed by atoms with Crippen LogP contribution in [-0.4, -0.2) is 18.0 Å². The Morgan fingerprint density at radius 3 is 2.75 bits per heavy atom. The number of thiazole rings is 1. The first-order chi connectivity index (χ1) is 11.7. The lowest BCUT2D eigenvalue weighted by Gasteiger charge is -2.05. The summed E-state index contributed by atoms with van der Waals surface area (Å²) in [6, 6.07) is 10.9. The minimum atomic E-state index is -0.179. The number of rotatable bonds is 6. The SMILES string of the molecule is COc1ccc(NC(=O)c2sc(NCc3ccco3)nc2C)cc1. The van der Waals surface area contributed by atoms with E-state index in [2.05, 4.69) is 15.6 Å². The number of aromatic nitrogens is 1. The predicted octanol–water partition coefficient (Wildman–Crippen LogP) is 3.92. The van der Waals surface area contributed by atoms with E-state index in [1.165, 1.54) is 11.3 Å². The lowest BCUT2D eigenvalue weighted by molar-refractivity contribution is 0.103. The van der Waals surface area contributed by atoms with E-state index >= 15 is 0 Å². The van der Waals surface area contributed by atoms with Crippen molar-refractivity contribution in [3.05, 3.63) is 59.0 Å². The Balaban J connectivity index is 1.65. The number of anilines is 2. The molecule has 0 aliphatic rings. The molecule has 2 N–H and O–H groups in total. The third-order valence-electron chi connectivity index (χ3n) is 3.34. The van der Waals surface area contributed by atoms with Gasteiger partial charge in [-0.25, -0.2) is 4.98 Å². The smallest absolute Gasteiger partial charge is 0.267 e. The van der Waals surface area contributed by atoms with Crippen molar-refractivity contribution in [2.24, 2.45) is 0 Å². The molecular weight excluding hydrogens is 326 g/mol. The maximum absolute atomic E-state index is 12.4. The topological polar surface area (TPSA) is 76.4 Å². The Morgan fingerprint density at radius 1 is 1.29 bits per heavy atom. The summed E-state index contributed by atoms with van der Waals surface area (Å²) in [5.41, 5.74) is 1.40. The molecule has 3 aromatic rings. The van der Waals surface area contributed by atoms with E-state index < -0.39 is 0 Å². The maximum Gasteiger partial charge on any atom is 0.267 e. The molecule has 0 radical (unpaired) electrons. The average Bonchev–Trinajstić information content (AvgIpc) is 3.23. The summed E-state index contributed by atoms with van der Waals surface area (Å²) in [6.45, 7) is 2.34. The summed E-state index contributed by atoms with van der Waals surface area (Å²) in [5, 5.41) is 6.71. The van der Waals surface area contributed by atoms with Crippen molar-refractivity contribution < 1.29 is 13.9 Å². The van der Waals surface area contributed by atoms with E-state index in [1.54, 1.807) is 37.6 Å². The highest BCUT2D eigenvalue weighted by Crippen LogP contribution is 2.24. The molecule has 2 aromatic heterocycles. The Labute approximate surface area is 143 Å². The summed E-state index contributed by atoms with van der Waals surface area (Å²) in [6.07, 6.45) is 1.62. The molecule has 0 bridgehead atoms. The number of aryl methyl sites for hydroxylation is 1. The van der Waals surface area contributed by atoms with Crippen LogP contribution in [0.2, 0.25) is 0 Å². The number of nitrogens with one attached hydrogen (secondary N) is 2. The van der Waals surface area contributed by atoms with Crippen LogP contribution in [0, 0.1) is 6.92 Å². The normalized spacial score (nSPS) is 10.4. The molecule has 1 aromatic carbocycles. The molecule has 7 heteroatoms. The fraction of sp³-hybridized carbons (Fsp3) is 0.176. The number of furan rings is 1. The number of amides is 1. The highest BCUT2D eigenvalue weighted by Gasteiger charge is 2.15. The molecule has 3 rings (SSSR count). The van der Waals surface area contributed by atoms with Gasteiger partial charge in [-0.2, -0.15) is 0 Å². The molecule has 0 unspecified atom stereocenters. The Morgan fingerprint density at radius 2 is 2.08 bits per heavy atom. The number of ether oxygens (including phenoxy) is 1. The molecule has 0 atom stereocenters. The summed E-state index contributed by atoms with van der Waals surface area (Å²) < 4.78 is 10.4. The van der Waals surface area contributed by atoms with Crippen LogP contribution >= 0.6 is 11.3 Å². The van der Waals surface area contributed by atoms with Crippen LogP contribution in [0.1, 0.15) is 21.1 Å². The summed E-state index contributed by atoms with van der Waals surface area (Å²) >= 11 is 1.32. The van der Waals surface area contributed by atoms with Crippen molar-refractivity contribution in [1.29, 1.82) is 0 Å². The van der Waals surface area contributed by atoms with E-state index in [-0.39, 0.29) is 5.91 Å². The van der Waals surface area contributed by atoms with Crippen molar-refractivity contribution >= 4 is 28.1 Å².